The second kappa shape index (κ2) is 6.87. The quantitative estimate of drug-likeness (QED) is 0.633. The first-order valence-electron chi connectivity index (χ1n) is 6.54. The first kappa shape index (κ1) is 14.3. The van der Waals surface area contributed by atoms with E-state index in [0.717, 1.165) is 34.7 Å². The molecule has 1 amide bonds. The Kier molecular flexibility index (Phi) is 4.91. The summed E-state index contributed by atoms with van der Waals surface area (Å²) in [4.78, 5) is 16.2. The molecule has 0 spiro atoms. The highest BCUT2D eigenvalue weighted by atomic mass is 32.1. The van der Waals surface area contributed by atoms with E-state index in [2.05, 4.69) is 22.5 Å². The SMILES string of the molecule is CCCCNc1nc2ccc(C(=O)NCC#N)cc2s1. The number of benzene rings is 1. The van der Waals surface area contributed by atoms with Crippen molar-refractivity contribution in [1.29, 1.82) is 5.26 Å². The number of hydrogen-bond donors (Lipinski definition) is 2. The van der Waals surface area contributed by atoms with Crippen LogP contribution >= 0.6 is 11.3 Å². The van der Waals surface area contributed by atoms with Crippen LogP contribution in [-0.2, 0) is 0 Å². The van der Waals surface area contributed by atoms with Crippen LogP contribution in [-0.4, -0.2) is 24.0 Å². The summed E-state index contributed by atoms with van der Waals surface area (Å²) in [5.41, 5.74) is 1.43. The number of thiazole rings is 1. The number of aromatic nitrogens is 1. The summed E-state index contributed by atoms with van der Waals surface area (Å²) in [6.45, 7) is 3.07. The number of unbranched alkanes of at least 4 members (excludes halogenated alkanes) is 1. The zero-order chi connectivity index (χ0) is 14.4. The number of anilines is 1. The third-order valence-corrected chi connectivity index (χ3v) is 3.76. The van der Waals surface area contributed by atoms with Gasteiger partial charge in [0.25, 0.3) is 5.91 Å². The largest absolute Gasteiger partial charge is 0.361 e. The normalized spacial score (nSPS) is 10.2. The Morgan fingerprint density at radius 3 is 3.10 bits per heavy atom. The van der Waals surface area contributed by atoms with E-state index in [9.17, 15) is 4.79 Å². The molecule has 0 atom stereocenters. The van der Waals surface area contributed by atoms with Crippen molar-refractivity contribution in [3.8, 4) is 6.07 Å². The van der Waals surface area contributed by atoms with Gasteiger partial charge in [-0.3, -0.25) is 4.79 Å². The number of fused-ring (bicyclic) bond motifs is 1. The maximum atomic E-state index is 11.8. The molecule has 0 saturated heterocycles. The van der Waals surface area contributed by atoms with Gasteiger partial charge < -0.3 is 10.6 Å². The first-order valence-corrected chi connectivity index (χ1v) is 7.36. The van der Waals surface area contributed by atoms with Gasteiger partial charge in [0.15, 0.2) is 5.13 Å². The lowest BCUT2D eigenvalue weighted by molar-refractivity contribution is 0.0958. The molecule has 6 heteroatoms. The number of carbonyl (C=O) groups excluding carboxylic acids is 1. The molecule has 1 aromatic carbocycles. The highest BCUT2D eigenvalue weighted by Gasteiger charge is 2.08. The van der Waals surface area contributed by atoms with Gasteiger partial charge in [-0.2, -0.15) is 5.26 Å². The Labute approximate surface area is 121 Å². The maximum absolute atomic E-state index is 11.8. The van der Waals surface area contributed by atoms with Crippen LogP contribution in [0.5, 0.6) is 0 Å². The van der Waals surface area contributed by atoms with Crippen LogP contribution < -0.4 is 10.6 Å². The van der Waals surface area contributed by atoms with Gasteiger partial charge in [-0.15, -0.1) is 0 Å². The summed E-state index contributed by atoms with van der Waals surface area (Å²) >= 11 is 1.54. The van der Waals surface area contributed by atoms with Gasteiger partial charge in [-0.1, -0.05) is 24.7 Å². The van der Waals surface area contributed by atoms with Gasteiger partial charge in [-0.05, 0) is 24.6 Å². The van der Waals surface area contributed by atoms with Crippen LogP contribution in [0.25, 0.3) is 10.2 Å². The topological polar surface area (TPSA) is 77.8 Å². The van der Waals surface area contributed by atoms with Crippen LogP contribution in [0.3, 0.4) is 0 Å². The van der Waals surface area contributed by atoms with Gasteiger partial charge in [-0.25, -0.2) is 4.98 Å². The van der Waals surface area contributed by atoms with Crippen molar-refractivity contribution in [3.63, 3.8) is 0 Å². The molecule has 2 rings (SSSR count). The molecular weight excluding hydrogens is 272 g/mol. The van der Waals surface area contributed by atoms with Gasteiger partial charge in [0.2, 0.25) is 0 Å². The number of amides is 1. The molecule has 5 nitrogen and oxygen atoms in total. The van der Waals surface area contributed by atoms with Crippen molar-refractivity contribution in [2.75, 3.05) is 18.4 Å². The fourth-order valence-electron chi connectivity index (χ4n) is 1.74. The number of nitrogens with zero attached hydrogens (tertiary/aromatic N) is 2. The maximum Gasteiger partial charge on any atom is 0.252 e. The van der Waals surface area contributed by atoms with E-state index in [-0.39, 0.29) is 12.5 Å². The molecule has 2 N–H and O–H groups in total. The van der Waals surface area contributed by atoms with Gasteiger partial charge in [0.05, 0.1) is 16.3 Å². The van der Waals surface area contributed by atoms with Crippen LogP contribution in [0.1, 0.15) is 30.1 Å². The lowest BCUT2D eigenvalue weighted by Crippen LogP contribution is -2.23. The van der Waals surface area contributed by atoms with Crippen LogP contribution in [0.15, 0.2) is 18.2 Å². The minimum atomic E-state index is -0.234. The second-order valence-corrected chi connectivity index (χ2v) is 5.35. The molecule has 0 aliphatic carbocycles. The Balaban J connectivity index is 2.13. The molecule has 0 aliphatic rings. The fourth-order valence-corrected chi connectivity index (χ4v) is 2.67. The molecule has 1 heterocycles. The molecule has 104 valence electrons. The zero-order valence-electron chi connectivity index (χ0n) is 11.3. The third kappa shape index (κ3) is 3.45. The van der Waals surface area contributed by atoms with Crippen molar-refractivity contribution in [3.05, 3.63) is 23.8 Å². The summed E-state index contributed by atoms with van der Waals surface area (Å²) in [6, 6.07) is 7.26. The van der Waals surface area contributed by atoms with Crippen molar-refractivity contribution in [2.45, 2.75) is 19.8 Å². The second-order valence-electron chi connectivity index (χ2n) is 4.32. The summed E-state index contributed by atoms with van der Waals surface area (Å²) in [6.07, 6.45) is 2.25. The van der Waals surface area contributed by atoms with E-state index in [0.29, 0.717) is 5.56 Å². The molecule has 0 radical (unpaired) electrons. The predicted molar refractivity (Wildman–Crippen MR) is 81.0 cm³/mol. The highest BCUT2D eigenvalue weighted by Crippen LogP contribution is 2.26. The van der Waals surface area contributed by atoms with E-state index >= 15 is 0 Å². The average molecular weight is 288 g/mol. The number of nitriles is 1. The highest BCUT2D eigenvalue weighted by molar-refractivity contribution is 7.22. The first-order chi connectivity index (χ1) is 9.74. The van der Waals surface area contributed by atoms with Gasteiger partial charge >= 0.3 is 0 Å². The minimum Gasteiger partial charge on any atom is -0.361 e. The Hall–Kier alpha value is -2.13. The van der Waals surface area contributed by atoms with E-state index in [1.807, 2.05) is 18.2 Å². The van der Waals surface area contributed by atoms with Gasteiger partial charge in [0, 0.05) is 12.1 Å². The van der Waals surface area contributed by atoms with Crippen molar-refractivity contribution in [1.82, 2.24) is 10.3 Å². The minimum absolute atomic E-state index is 0.0172. The summed E-state index contributed by atoms with van der Waals surface area (Å²) < 4.78 is 0.966. The van der Waals surface area contributed by atoms with Gasteiger partial charge in [0.1, 0.15) is 6.54 Å². The molecule has 2 aromatic rings. The number of hydrogen-bond acceptors (Lipinski definition) is 5. The van der Waals surface area contributed by atoms with E-state index in [4.69, 9.17) is 5.26 Å². The van der Waals surface area contributed by atoms with Crippen LogP contribution in [0.4, 0.5) is 5.13 Å². The lowest BCUT2D eigenvalue weighted by atomic mass is 10.2. The van der Waals surface area contributed by atoms with Crippen molar-refractivity contribution >= 4 is 32.6 Å². The Morgan fingerprint density at radius 1 is 1.50 bits per heavy atom. The Bertz CT molecular complexity index is 644. The molecule has 0 unspecified atom stereocenters. The lowest BCUT2D eigenvalue weighted by Gasteiger charge is -1.99. The number of rotatable bonds is 6. The monoisotopic (exact) mass is 288 g/mol. The summed E-state index contributed by atoms with van der Waals surface area (Å²) in [7, 11) is 0. The number of carbonyl (C=O) groups is 1. The average Bonchev–Trinajstić information content (AvgIpc) is 2.86. The zero-order valence-corrected chi connectivity index (χ0v) is 12.1. The molecule has 0 aliphatic heterocycles. The van der Waals surface area contributed by atoms with Crippen LogP contribution in [0, 0.1) is 11.3 Å². The predicted octanol–water partition coefficient (Wildman–Crippen LogP) is 2.76. The fraction of sp³-hybridized carbons (Fsp3) is 0.357. The Morgan fingerprint density at radius 2 is 2.35 bits per heavy atom. The summed E-state index contributed by atoms with van der Waals surface area (Å²) in [5, 5.41) is 15.1. The molecular formula is C14H16N4OS. The molecule has 0 fully saturated rings. The standard InChI is InChI=1S/C14H16N4OS/c1-2-3-7-17-14-18-11-5-4-10(9-12(11)20-14)13(19)16-8-6-15/h4-5,9H,2-3,7-8H2,1H3,(H,16,19)(H,17,18). The van der Waals surface area contributed by atoms with Crippen molar-refractivity contribution in [2.24, 2.45) is 0 Å². The summed E-state index contributed by atoms with van der Waals surface area (Å²) in [5.74, 6) is -0.234. The third-order valence-electron chi connectivity index (χ3n) is 2.79. The van der Waals surface area contributed by atoms with Crippen LogP contribution in [0.2, 0.25) is 0 Å². The molecule has 20 heavy (non-hydrogen) atoms. The smallest absolute Gasteiger partial charge is 0.252 e. The van der Waals surface area contributed by atoms with Crippen molar-refractivity contribution < 1.29 is 4.79 Å². The molecule has 0 bridgehead atoms. The van der Waals surface area contributed by atoms with E-state index < -0.39 is 0 Å². The number of nitrogens with one attached hydrogen (secondary N) is 2. The molecule has 1 aromatic heterocycles. The van der Waals surface area contributed by atoms with E-state index in [1.54, 1.807) is 6.07 Å². The molecule has 0 saturated carbocycles. The van der Waals surface area contributed by atoms with E-state index in [1.165, 1.54) is 11.3 Å².